The molecule has 1 heterocycles. The maximum absolute atomic E-state index is 12.6. The molecule has 0 saturated heterocycles. The molecular weight excluding hydrogens is 432 g/mol. The highest BCUT2D eigenvalue weighted by molar-refractivity contribution is 8.14. The number of carboxylic acids is 1. The molecule has 1 atom stereocenters. The molecule has 3 N–H and O–H groups in total. The van der Waals surface area contributed by atoms with Crippen LogP contribution < -0.4 is 10.6 Å². The zero-order chi connectivity index (χ0) is 23.4. The molecule has 170 valence electrons. The summed E-state index contributed by atoms with van der Waals surface area (Å²) in [5.41, 5.74) is -1.23. The van der Waals surface area contributed by atoms with Crippen LogP contribution in [0.25, 0.3) is 0 Å². The number of hydrogen-bond donors (Lipinski definition) is 3. The van der Waals surface area contributed by atoms with Crippen molar-refractivity contribution in [3.8, 4) is 0 Å². The number of ether oxygens (including phenoxy) is 2. The van der Waals surface area contributed by atoms with E-state index < -0.39 is 40.4 Å². The molecule has 0 aromatic heterocycles. The first-order valence-electron chi connectivity index (χ1n) is 9.19. The summed E-state index contributed by atoms with van der Waals surface area (Å²) in [6.45, 7) is 2.78. The molecule has 0 spiro atoms. The Bertz CT molecular complexity index is 789. The zero-order valence-corrected chi connectivity index (χ0v) is 17.9. The maximum Gasteiger partial charge on any atom is 0.331 e. The Kier molecular flexibility index (Phi) is 10.5. The van der Waals surface area contributed by atoms with E-state index in [1.54, 1.807) is 0 Å². The number of carbonyl (C=O) groups excluding carboxylic acids is 5. The summed E-state index contributed by atoms with van der Waals surface area (Å²) in [7, 11) is 0. The van der Waals surface area contributed by atoms with Crippen LogP contribution in [0.3, 0.4) is 0 Å². The largest absolute Gasteiger partial charge is 0.478 e. The second-order valence-corrected chi connectivity index (χ2v) is 8.08. The number of rotatable bonds is 3. The lowest BCUT2D eigenvalue weighted by Gasteiger charge is -2.31. The third-order valence-corrected chi connectivity index (χ3v) is 4.63. The van der Waals surface area contributed by atoms with E-state index in [1.165, 1.54) is 13.8 Å². The molecule has 0 aromatic rings. The fourth-order valence-corrected chi connectivity index (χ4v) is 2.82. The van der Waals surface area contributed by atoms with E-state index in [4.69, 9.17) is 14.6 Å². The van der Waals surface area contributed by atoms with Crippen molar-refractivity contribution in [2.24, 2.45) is 5.41 Å². The minimum Gasteiger partial charge on any atom is -0.478 e. The molecule has 0 aliphatic carbocycles. The predicted octanol–water partition coefficient (Wildman–Crippen LogP) is -0.439. The van der Waals surface area contributed by atoms with Crippen molar-refractivity contribution >= 4 is 46.6 Å². The Balaban J connectivity index is 3.03. The summed E-state index contributed by atoms with van der Waals surface area (Å²) >= 11 is 0.911. The number of nitrogens with one attached hydrogen (secondary N) is 2. The van der Waals surface area contributed by atoms with Gasteiger partial charge in [-0.2, -0.15) is 0 Å². The molecule has 1 rings (SSSR count). The average Bonchev–Trinajstić information content (AvgIpc) is 2.69. The third kappa shape index (κ3) is 10.4. The van der Waals surface area contributed by atoms with Gasteiger partial charge in [0.2, 0.25) is 11.0 Å². The molecule has 0 aromatic carbocycles. The Morgan fingerprint density at radius 3 is 2.55 bits per heavy atom. The molecule has 0 fully saturated rings. The molecular formula is C19H24N2O9S. The van der Waals surface area contributed by atoms with Crippen molar-refractivity contribution in [2.75, 3.05) is 25.4 Å². The number of thioether (sulfide) groups is 1. The second kappa shape index (κ2) is 12.5. The SMILES string of the molecule is CC1(C)COC(=O)/C=C/C(=O)SCCNC(=O)CCNC(=O)[C@@H]1OC(=O)/C=C/C(=O)O. The lowest BCUT2D eigenvalue weighted by atomic mass is 9.86. The Morgan fingerprint density at radius 2 is 1.87 bits per heavy atom. The predicted molar refractivity (Wildman–Crippen MR) is 109 cm³/mol. The van der Waals surface area contributed by atoms with Crippen molar-refractivity contribution in [3.63, 3.8) is 0 Å². The summed E-state index contributed by atoms with van der Waals surface area (Å²) in [6.07, 6.45) is 1.63. The van der Waals surface area contributed by atoms with Gasteiger partial charge in [-0.1, -0.05) is 25.6 Å². The quantitative estimate of drug-likeness (QED) is 0.374. The van der Waals surface area contributed by atoms with Crippen LogP contribution in [0.2, 0.25) is 0 Å². The van der Waals surface area contributed by atoms with E-state index in [9.17, 15) is 28.8 Å². The number of aliphatic carboxylic acids is 1. The van der Waals surface area contributed by atoms with Crippen molar-refractivity contribution in [1.82, 2.24) is 10.6 Å². The monoisotopic (exact) mass is 456 g/mol. The van der Waals surface area contributed by atoms with Crippen LogP contribution in [0.1, 0.15) is 20.3 Å². The third-order valence-electron chi connectivity index (χ3n) is 3.81. The Labute approximate surface area is 182 Å². The van der Waals surface area contributed by atoms with Crippen LogP contribution in [0.4, 0.5) is 0 Å². The van der Waals surface area contributed by atoms with E-state index in [1.807, 2.05) is 0 Å². The van der Waals surface area contributed by atoms with Gasteiger partial charge in [0, 0.05) is 48.9 Å². The van der Waals surface area contributed by atoms with Crippen LogP contribution in [-0.2, 0) is 38.2 Å². The van der Waals surface area contributed by atoms with Gasteiger partial charge < -0.3 is 25.2 Å². The van der Waals surface area contributed by atoms with Gasteiger partial charge in [0.05, 0.1) is 0 Å². The van der Waals surface area contributed by atoms with Crippen LogP contribution >= 0.6 is 11.8 Å². The van der Waals surface area contributed by atoms with Crippen molar-refractivity contribution < 1.29 is 43.3 Å². The van der Waals surface area contributed by atoms with E-state index in [0.29, 0.717) is 17.9 Å². The Hall–Kier alpha value is -3.15. The second-order valence-electron chi connectivity index (χ2n) is 6.98. The van der Waals surface area contributed by atoms with E-state index >= 15 is 0 Å². The molecule has 0 saturated carbocycles. The molecule has 0 radical (unpaired) electrons. The zero-order valence-electron chi connectivity index (χ0n) is 17.0. The molecule has 0 bridgehead atoms. The fourth-order valence-electron chi connectivity index (χ4n) is 2.25. The molecule has 0 unspecified atom stereocenters. The van der Waals surface area contributed by atoms with E-state index in [0.717, 1.165) is 23.9 Å². The minimum atomic E-state index is -1.47. The minimum absolute atomic E-state index is 0.0563. The summed E-state index contributed by atoms with van der Waals surface area (Å²) < 4.78 is 10.2. The average molecular weight is 456 g/mol. The lowest BCUT2D eigenvalue weighted by Crippen LogP contribution is -2.49. The first-order valence-corrected chi connectivity index (χ1v) is 10.2. The molecule has 11 nitrogen and oxygen atoms in total. The molecule has 1 aliphatic heterocycles. The van der Waals surface area contributed by atoms with Gasteiger partial charge in [-0.15, -0.1) is 0 Å². The lowest BCUT2D eigenvalue weighted by molar-refractivity contribution is -0.164. The highest BCUT2D eigenvalue weighted by atomic mass is 32.2. The number of carbonyl (C=O) groups is 6. The number of cyclic esters (lactones) is 1. The highest BCUT2D eigenvalue weighted by Gasteiger charge is 2.39. The van der Waals surface area contributed by atoms with E-state index in [2.05, 4.69) is 10.6 Å². The summed E-state index contributed by atoms with van der Waals surface area (Å²) in [5, 5.41) is 13.3. The first-order chi connectivity index (χ1) is 14.5. The maximum atomic E-state index is 12.6. The summed E-state index contributed by atoms with van der Waals surface area (Å²) in [4.78, 5) is 70.5. The van der Waals surface area contributed by atoms with Gasteiger partial charge in [-0.3, -0.25) is 14.4 Å². The number of hydrogen-bond acceptors (Lipinski definition) is 9. The van der Waals surface area contributed by atoms with Crippen molar-refractivity contribution in [1.29, 1.82) is 0 Å². The Morgan fingerprint density at radius 1 is 1.16 bits per heavy atom. The smallest absolute Gasteiger partial charge is 0.331 e. The van der Waals surface area contributed by atoms with Crippen LogP contribution in [0.15, 0.2) is 24.3 Å². The van der Waals surface area contributed by atoms with Crippen LogP contribution in [-0.4, -0.2) is 71.5 Å². The van der Waals surface area contributed by atoms with Gasteiger partial charge in [0.15, 0.2) is 6.10 Å². The van der Waals surface area contributed by atoms with Crippen LogP contribution in [0.5, 0.6) is 0 Å². The van der Waals surface area contributed by atoms with Gasteiger partial charge in [0.1, 0.15) is 6.61 Å². The topological polar surface area (TPSA) is 165 Å². The summed E-state index contributed by atoms with van der Waals surface area (Å²) in [5.74, 6) is -4.12. The van der Waals surface area contributed by atoms with Crippen molar-refractivity contribution in [3.05, 3.63) is 24.3 Å². The number of carboxylic acid groups (broad SMARTS) is 1. The van der Waals surface area contributed by atoms with Gasteiger partial charge in [0.25, 0.3) is 5.91 Å². The van der Waals surface area contributed by atoms with Crippen LogP contribution in [0, 0.1) is 5.41 Å². The number of esters is 2. The number of amides is 2. The standard InChI is InChI=1S/C19H24N2O9S/c1-19(2)11-29-14(25)5-6-16(27)31-10-9-20-12(22)7-8-21-18(28)17(19)30-15(26)4-3-13(23)24/h3-6,17H,7-11H2,1-2H3,(H,20,22)(H,21,28)(H,23,24)/b4-3+,6-5+/t17-/m0/s1. The fraction of sp³-hybridized carbons (Fsp3) is 0.474. The highest BCUT2D eigenvalue weighted by Crippen LogP contribution is 2.25. The molecule has 1 aliphatic rings. The molecule has 2 amide bonds. The van der Waals surface area contributed by atoms with Gasteiger partial charge in [-0.05, 0) is 6.08 Å². The van der Waals surface area contributed by atoms with Gasteiger partial charge in [-0.25, -0.2) is 14.4 Å². The van der Waals surface area contributed by atoms with Gasteiger partial charge >= 0.3 is 17.9 Å². The normalized spacial score (nSPS) is 22.6. The summed E-state index contributed by atoms with van der Waals surface area (Å²) in [6, 6.07) is 0. The van der Waals surface area contributed by atoms with Crippen molar-refractivity contribution in [2.45, 2.75) is 26.4 Å². The van der Waals surface area contributed by atoms with E-state index in [-0.39, 0.29) is 32.0 Å². The molecule has 12 heteroatoms. The molecule has 31 heavy (non-hydrogen) atoms. The first kappa shape index (κ1) is 25.9.